The van der Waals surface area contributed by atoms with E-state index in [9.17, 15) is 4.79 Å². The molecule has 0 spiro atoms. The number of nitrogens with one attached hydrogen (secondary N) is 1. The Hall–Kier alpha value is -2.08. The Morgan fingerprint density at radius 1 is 1.23 bits per heavy atom. The van der Waals surface area contributed by atoms with Gasteiger partial charge in [0.1, 0.15) is 11.6 Å². The maximum Gasteiger partial charge on any atom is 0.224 e. The number of methoxy groups -OCH3 is 1. The normalized spacial score (nSPS) is 14.2. The zero-order valence-corrected chi connectivity index (χ0v) is 16.6. The van der Waals surface area contributed by atoms with Gasteiger partial charge in [0.2, 0.25) is 5.91 Å². The maximum absolute atomic E-state index is 12.2. The van der Waals surface area contributed by atoms with Crippen molar-refractivity contribution in [3.8, 4) is 5.75 Å². The van der Waals surface area contributed by atoms with Gasteiger partial charge in [-0.25, -0.2) is 4.98 Å². The van der Waals surface area contributed by atoms with E-state index in [1.54, 1.807) is 13.3 Å². The highest BCUT2D eigenvalue weighted by Gasteiger charge is 2.12. The largest absolute Gasteiger partial charge is 0.496 e. The first-order chi connectivity index (χ1) is 12.7. The minimum Gasteiger partial charge on any atom is -0.496 e. The number of carbonyl (C=O) groups is 1. The Bertz CT molecular complexity index is 743. The molecule has 1 fully saturated rings. The van der Waals surface area contributed by atoms with Crippen LogP contribution in [0.5, 0.6) is 5.75 Å². The van der Waals surface area contributed by atoms with Crippen molar-refractivity contribution in [3.63, 3.8) is 0 Å². The molecule has 1 N–H and O–H groups in total. The lowest BCUT2D eigenvalue weighted by Crippen LogP contribution is -2.30. The molecule has 0 unspecified atom stereocenters. The number of anilines is 2. The van der Waals surface area contributed by atoms with Gasteiger partial charge in [0.15, 0.2) is 0 Å². The van der Waals surface area contributed by atoms with Gasteiger partial charge in [0, 0.05) is 19.5 Å². The van der Waals surface area contributed by atoms with Crippen molar-refractivity contribution in [3.05, 3.63) is 46.6 Å². The molecule has 1 saturated heterocycles. The minimum absolute atomic E-state index is 0.00976. The number of hydrogen-bond donors (Lipinski definition) is 1. The number of carbonyl (C=O) groups excluding carboxylic acids is 1. The van der Waals surface area contributed by atoms with Crippen molar-refractivity contribution in [2.75, 3.05) is 30.4 Å². The monoisotopic (exact) mass is 417 g/mol. The molecule has 138 valence electrons. The van der Waals surface area contributed by atoms with E-state index >= 15 is 0 Å². The summed E-state index contributed by atoms with van der Waals surface area (Å²) in [6, 6.07) is 9.79. The van der Waals surface area contributed by atoms with Crippen molar-refractivity contribution in [1.29, 1.82) is 0 Å². The van der Waals surface area contributed by atoms with Crippen LogP contribution in [0.25, 0.3) is 0 Å². The van der Waals surface area contributed by atoms with Crippen LogP contribution in [0, 0.1) is 0 Å². The highest BCUT2D eigenvalue weighted by atomic mass is 79.9. The van der Waals surface area contributed by atoms with Crippen LogP contribution < -0.4 is 15.0 Å². The van der Waals surface area contributed by atoms with Gasteiger partial charge in [-0.3, -0.25) is 4.79 Å². The summed E-state index contributed by atoms with van der Waals surface area (Å²) in [7, 11) is 1.64. The lowest BCUT2D eigenvalue weighted by atomic mass is 10.1. The van der Waals surface area contributed by atoms with E-state index < -0.39 is 0 Å². The number of ether oxygens (including phenoxy) is 1. The maximum atomic E-state index is 12.2. The minimum atomic E-state index is -0.00976. The number of benzene rings is 1. The fourth-order valence-electron chi connectivity index (χ4n) is 3.12. The smallest absolute Gasteiger partial charge is 0.224 e. The van der Waals surface area contributed by atoms with E-state index in [-0.39, 0.29) is 5.91 Å². The third kappa shape index (κ3) is 4.97. The molecule has 1 aliphatic heterocycles. The molecule has 3 rings (SSSR count). The first kappa shape index (κ1) is 18.7. The summed E-state index contributed by atoms with van der Waals surface area (Å²) in [5, 5.41) is 2.92. The Balaban J connectivity index is 1.50. The number of amides is 1. The molecule has 2 heterocycles. The van der Waals surface area contributed by atoms with Crippen LogP contribution in [-0.2, 0) is 11.2 Å². The van der Waals surface area contributed by atoms with Gasteiger partial charge in [-0.2, -0.15) is 0 Å². The molecule has 26 heavy (non-hydrogen) atoms. The van der Waals surface area contributed by atoms with E-state index in [0.29, 0.717) is 12.8 Å². The van der Waals surface area contributed by atoms with Gasteiger partial charge in [-0.05, 0) is 71.4 Å². The Morgan fingerprint density at radius 2 is 2.04 bits per heavy atom. The predicted octanol–water partition coefficient (Wildman–Crippen LogP) is 4.41. The van der Waals surface area contributed by atoms with Crippen LogP contribution in [0.4, 0.5) is 11.5 Å². The third-order valence-corrected chi connectivity index (χ3v) is 5.19. The molecule has 0 aliphatic carbocycles. The third-order valence-electron chi connectivity index (χ3n) is 4.57. The molecular formula is C20H24BrN3O2. The average molecular weight is 418 g/mol. The molecule has 1 aromatic carbocycles. The second kappa shape index (κ2) is 9.03. The first-order valence-corrected chi connectivity index (χ1v) is 9.78. The summed E-state index contributed by atoms with van der Waals surface area (Å²) in [5.74, 6) is 1.77. The molecule has 1 aliphatic rings. The molecule has 0 atom stereocenters. The highest BCUT2D eigenvalue weighted by molar-refractivity contribution is 9.10. The second-order valence-corrected chi connectivity index (χ2v) is 7.32. The van der Waals surface area contributed by atoms with Crippen LogP contribution in [-0.4, -0.2) is 31.1 Å². The van der Waals surface area contributed by atoms with E-state index in [4.69, 9.17) is 4.74 Å². The number of nitrogens with zero attached hydrogens (tertiary/aromatic N) is 2. The molecule has 6 heteroatoms. The van der Waals surface area contributed by atoms with Crippen LogP contribution in [0.3, 0.4) is 0 Å². The standard InChI is InChI=1S/C20H24BrN3O2/c1-26-18-8-5-15(13-17(18)21)6-10-20(25)23-16-7-9-19(22-14-16)24-11-3-2-4-12-24/h5,7-9,13-14H,2-4,6,10-12H2,1H3,(H,23,25). The van der Waals surface area contributed by atoms with Gasteiger partial charge in [-0.15, -0.1) is 0 Å². The Morgan fingerprint density at radius 3 is 2.69 bits per heavy atom. The fraction of sp³-hybridized carbons (Fsp3) is 0.400. The van der Waals surface area contributed by atoms with E-state index in [2.05, 4.69) is 31.1 Å². The average Bonchev–Trinajstić information content (AvgIpc) is 2.68. The number of halogens is 1. The van der Waals surface area contributed by atoms with Gasteiger partial charge in [0.25, 0.3) is 0 Å². The Labute approximate surface area is 162 Å². The summed E-state index contributed by atoms with van der Waals surface area (Å²) in [5.41, 5.74) is 1.83. The summed E-state index contributed by atoms with van der Waals surface area (Å²) in [6.07, 6.45) is 6.59. The van der Waals surface area contributed by atoms with Crippen LogP contribution in [0.1, 0.15) is 31.2 Å². The number of rotatable bonds is 6. The van der Waals surface area contributed by atoms with Crippen LogP contribution in [0.15, 0.2) is 41.0 Å². The van der Waals surface area contributed by atoms with Gasteiger partial charge < -0.3 is 15.0 Å². The van der Waals surface area contributed by atoms with Gasteiger partial charge >= 0.3 is 0 Å². The molecular weight excluding hydrogens is 394 g/mol. The number of aromatic nitrogens is 1. The summed E-state index contributed by atoms with van der Waals surface area (Å²) in [6.45, 7) is 2.13. The summed E-state index contributed by atoms with van der Waals surface area (Å²) in [4.78, 5) is 19.0. The molecule has 0 saturated carbocycles. The van der Waals surface area contributed by atoms with Gasteiger partial charge in [0.05, 0.1) is 23.5 Å². The number of piperidine rings is 1. The topological polar surface area (TPSA) is 54.5 Å². The summed E-state index contributed by atoms with van der Waals surface area (Å²) < 4.78 is 6.12. The lowest BCUT2D eigenvalue weighted by Gasteiger charge is -2.27. The zero-order valence-electron chi connectivity index (χ0n) is 15.0. The summed E-state index contributed by atoms with van der Waals surface area (Å²) >= 11 is 3.47. The van der Waals surface area contributed by atoms with Crippen molar-refractivity contribution in [2.45, 2.75) is 32.1 Å². The number of aryl methyl sites for hydroxylation is 1. The zero-order chi connectivity index (χ0) is 18.4. The van der Waals surface area contributed by atoms with Crippen molar-refractivity contribution >= 4 is 33.3 Å². The van der Waals surface area contributed by atoms with Crippen molar-refractivity contribution in [1.82, 2.24) is 4.98 Å². The molecule has 0 bridgehead atoms. The van der Waals surface area contributed by atoms with Crippen molar-refractivity contribution in [2.24, 2.45) is 0 Å². The van der Waals surface area contributed by atoms with E-state index in [1.807, 2.05) is 30.3 Å². The quantitative estimate of drug-likeness (QED) is 0.755. The number of hydrogen-bond acceptors (Lipinski definition) is 4. The predicted molar refractivity (Wildman–Crippen MR) is 108 cm³/mol. The molecule has 2 aromatic rings. The highest BCUT2D eigenvalue weighted by Crippen LogP contribution is 2.26. The first-order valence-electron chi connectivity index (χ1n) is 8.99. The fourth-order valence-corrected chi connectivity index (χ4v) is 3.70. The molecule has 1 amide bonds. The molecule has 0 radical (unpaired) electrons. The molecule has 5 nitrogen and oxygen atoms in total. The molecule has 1 aromatic heterocycles. The van der Waals surface area contributed by atoms with E-state index in [1.165, 1.54) is 19.3 Å². The Kier molecular flexibility index (Phi) is 6.50. The SMILES string of the molecule is COc1ccc(CCC(=O)Nc2ccc(N3CCCCC3)nc2)cc1Br. The van der Waals surface area contributed by atoms with E-state index in [0.717, 1.165) is 40.4 Å². The van der Waals surface area contributed by atoms with Crippen LogP contribution >= 0.6 is 15.9 Å². The van der Waals surface area contributed by atoms with Gasteiger partial charge in [-0.1, -0.05) is 6.07 Å². The van der Waals surface area contributed by atoms with Crippen molar-refractivity contribution < 1.29 is 9.53 Å². The van der Waals surface area contributed by atoms with Crippen LogP contribution in [0.2, 0.25) is 0 Å². The number of pyridine rings is 1. The lowest BCUT2D eigenvalue weighted by molar-refractivity contribution is -0.116. The second-order valence-electron chi connectivity index (χ2n) is 6.47.